The normalized spacial score (nSPS) is 24.4. The van der Waals surface area contributed by atoms with Gasteiger partial charge in [0.15, 0.2) is 5.82 Å². The Morgan fingerprint density at radius 3 is 2.95 bits per heavy atom. The minimum Gasteiger partial charge on any atom is -0.324 e. The molecule has 2 heterocycles. The van der Waals surface area contributed by atoms with Gasteiger partial charge in [0.25, 0.3) is 0 Å². The summed E-state index contributed by atoms with van der Waals surface area (Å²) in [4.78, 5) is 6.75. The smallest absolute Gasteiger partial charge is 0.151 e. The molecule has 3 rings (SSSR count). The first-order valence-electron chi connectivity index (χ1n) is 7.03. The van der Waals surface area contributed by atoms with Crippen molar-refractivity contribution in [3.05, 3.63) is 29.8 Å². The van der Waals surface area contributed by atoms with Crippen LogP contribution in [0.3, 0.4) is 0 Å². The Bertz CT molecular complexity index is 625. The van der Waals surface area contributed by atoms with Gasteiger partial charge in [-0.3, -0.25) is 0 Å². The molecule has 1 fully saturated rings. The van der Waals surface area contributed by atoms with Gasteiger partial charge >= 0.3 is 0 Å². The van der Waals surface area contributed by atoms with Gasteiger partial charge in [0.2, 0.25) is 0 Å². The summed E-state index contributed by atoms with van der Waals surface area (Å²) < 4.78 is 16.0. The highest BCUT2D eigenvalue weighted by atomic mass is 35.5. The van der Waals surface area contributed by atoms with E-state index < -0.39 is 0 Å². The second-order valence-corrected chi connectivity index (χ2v) is 5.91. The third-order valence-corrected chi connectivity index (χ3v) is 4.65. The van der Waals surface area contributed by atoms with Gasteiger partial charge in [-0.2, -0.15) is 0 Å². The van der Waals surface area contributed by atoms with Gasteiger partial charge in [-0.25, -0.2) is 9.37 Å². The SMILES string of the molecule is CC1CC(n2c(CCl)nc3c(F)cccc32)CCN1C. The molecular formula is C15H19ClFN3. The lowest BCUT2D eigenvalue weighted by molar-refractivity contribution is 0.157. The molecule has 108 valence electrons. The van der Waals surface area contributed by atoms with E-state index in [4.69, 9.17) is 11.6 Å². The maximum atomic E-state index is 13.9. The van der Waals surface area contributed by atoms with Crippen molar-refractivity contribution in [2.45, 2.75) is 37.7 Å². The molecule has 1 saturated heterocycles. The fraction of sp³-hybridized carbons (Fsp3) is 0.533. The van der Waals surface area contributed by atoms with E-state index in [0.29, 0.717) is 23.5 Å². The number of para-hydroxylation sites is 1. The number of aromatic nitrogens is 2. The molecular weight excluding hydrogens is 277 g/mol. The molecule has 3 nitrogen and oxygen atoms in total. The van der Waals surface area contributed by atoms with E-state index in [1.807, 2.05) is 6.07 Å². The first-order valence-corrected chi connectivity index (χ1v) is 7.56. The Labute approximate surface area is 123 Å². The van der Waals surface area contributed by atoms with Crippen LogP contribution < -0.4 is 0 Å². The number of nitrogens with zero attached hydrogens (tertiary/aromatic N) is 3. The molecule has 0 saturated carbocycles. The van der Waals surface area contributed by atoms with Gasteiger partial charge in [0.1, 0.15) is 11.3 Å². The topological polar surface area (TPSA) is 21.1 Å². The zero-order valence-electron chi connectivity index (χ0n) is 11.8. The number of piperidine rings is 1. The van der Waals surface area contributed by atoms with E-state index in [-0.39, 0.29) is 5.82 Å². The first kappa shape index (κ1) is 13.8. The van der Waals surface area contributed by atoms with Crippen molar-refractivity contribution in [3.8, 4) is 0 Å². The predicted octanol–water partition coefficient (Wildman–Crippen LogP) is 3.57. The number of imidazole rings is 1. The summed E-state index contributed by atoms with van der Waals surface area (Å²) >= 11 is 6.02. The number of fused-ring (bicyclic) bond motifs is 1. The van der Waals surface area contributed by atoms with Crippen LogP contribution in [0.2, 0.25) is 0 Å². The van der Waals surface area contributed by atoms with Gasteiger partial charge in [0, 0.05) is 18.6 Å². The van der Waals surface area contributed by atoms with Crippen molar-refractivity contribution in [2.75, 3.05) is 13.6 Å². The number of halogens is 2. The highest BCUT2D eigenvalue weighted by Gasteiger charge is 2.27. The van der Waals surface area contributed by atoms with Gasteiger partial charge in [0.05, 0.1) is 11.4 Å². The van der Waals surface area contributed by atoms with Crippen LogP contribution in [-0.2, 0) is 5.88 Å². The Hall–Kier alpha value is -1.13. The van der Waals surface area contributed by atoms with Crippen LogP contribution in [0, 0.1) is 5.82 Å². The van der Waals surface area contributed by atoms with Crippen LogP contribution >= 0.6 is 11.6 Å². The van der Waals surface area contributed by atoms with Gasteiger partial charge < -0.3 is 9.47 Å². The zero-order chi connectivity index (χ0) is 14.3. The third-order valence-electron chi connectivity index (χ3n) is 4.41. The standard InChI is InChI=1S/C15H19ClFN3/c1-10-8-11(6-7-19(10)2)20-13-5-3-4-12(17)15(13)18-14(20)9-16/h3-5,10-11H,6-9H2,1-2H3. The van der Waals surface area contributed by atoms with Gasteiger partial charge in [-0.1, -0.05) is 6.07 Å². The van der Waals surface area contributed by atoms with Crippen LogP contribution in [0.25, 0.3) is 11.0 Å². The summed E-state index contributed by atoms with van der Waals surface area (Å²) in [5.41, 5.74) is 1.30. The lowest BCUT2D eigenvalue weighted by Crippen LogP contribution is -2.38. The number of rotatable bonds is 2. The fourth-order valence-electron chi connectivity index (χ4n) is 3.13. The average molecular weight is 296 g/mol. The highest BCUT2D eigenvalue weighted by Crippen LogP contribution is 2.32. The zero-order valence-corrected chi connectivity index (χ0v) is 12.6. The fourth-order valence-corrected chi connectivity index (χ4v) is 3.32. The second kappa shape index (κ2) is 5.34. The minimum atomic E-state index is -0.270. The van der Waals surface area contributed by atoms with E-state index in [1.165, 1.54) is 6.07 Å². The molecule has 2 atom stereocenters. The van der Waals surface area contributed by atoms with Crippen LogP contribution in [0.15, 0.2) is 18.2 Å². The summed E-state index contributed by atoms with van der Waals surface area (Å²) in [6, 6.07) is 6.00. The Morgan fingerprint density at radius 1 is 1.45 bits per heavy atom. The number of alkyl halides is 1. The molecule has 0 amide bonds. The molecule has 5 heteroatoms. The van der Waals surface area contributed by atoms with Crippen molar-refractivity contribution in [1.82, 2.24) is 14.5 Å². The van der Waals surface area contributed by atoms with E-state index in [0.717, 1.165) is 30.7 Å². The van der Waals surface area contributed by atoms with Gasteiger partial charge in [-0.05, 0) is 38.9 Å². The second-order valence-electron chi connectivity index (χ2n) is 5.65. The summed E-state index contributed by atoms with van der Waals surface area (Å²) in [5.74, 6) is 0.816. The van der Waals surface area contributed by atoms with Crippen molar-refractivity contribution >= 4 is 22.6 Å². The summed E-state index contributed by atoms with van der Waals surface area (Å²) in [6.07, 6.45) is 2.09. The Balaban J connectivity index is 2.08. The monoisotopic (exact) mass is 295 g/mol. The highest BCUT2D eigenvalue weighted by molar-refractivity contribution is 6.16. The van der Waals surface area contributed by atoms with E-state index in [2.05, 4.69) is 28.4 Å². The molecule has 0 bridgehead atoms. The minimum absolute atomic E-state index is 0.270. The first-order chi connectivity index (χ1) is 9.61. The van der Waals surface area contributed by atoms with E-state index in [1.54, 1.807) is 6.07 Å². The number of hydrogen-bond donors (Lipinski definition) is 0. The quantitative estimate of drug-likeness (QED) is 0.790. The van der Waals surface area contributed by atoms with Crippen LogP contribution in [-0.4, -0.2) is 34.1 Å². The number of likely N-dealkylation sites (tertiary alicyclic amines) is 1. The van der Waals surface area contributed by atoms with Crippen LogP contribution in [0.4, 0.5) is 4.39 Å². The summed E-state index contributed by atoms with van der Waals surface area (Å²) in [6.45, 7) is 3.27. The molecule has 1 aliphatic rings. The molecule has 2 aromatic rings. The Morgan fingerprint density at radius 2 is 2.25 bits per heavy atom. The summed E-state index contributed by atoms with van der Waals surface area (Å²) in [7, 11) is 2.15. The average Bonchev–Trinajstić information content (AvgIpc) is 2.82. The Kier molecular flexibility index (Phi) is 3.69. The van der Waals surface area contributed by atoms with Gasteiger partial charge in [-0.15, -0.1) is 11.6 Å². The van der Waals surface area contributed by atoms with E-state index in [9.17, 15) is 4.39 Å². The lowest BCUT2D eigenvalue weighted by atomic mass is 9.98. The number of hydrogen-bond acceptors (Lipinski definition) is 2. The third kappa shape index (κ3) is 2.21. The molecule has 1 aromatic carbocycles. The maximum absolute atomic E-state index is 13.9. The molecule has 0 radical (unpaired) electrons. The maximum Gasteiger partial charge on any atom is 0.151 e. The summed E-state index contributed by atoms with van der Waals surface area (Å²) in [5, 5.41) is 0. The van der Waals surface area contributed by atoms with E-state index >= 15 is 0 Å². The molecule has 1 aliphatic heterocycles. The molecule has 2 unspecified atom stereocenters. The predicted molar refractivity (Wildman–Crippen MR) is 79.6 cm³/mol. The van der Waals surface area contributed by atoms with Crippen LogP contribution in [0.5, 0.6) is 0 Å². The number of benzene rings is 1. The van der Waals surface area contributed by atoms with Crippen molar-refractivity contribution < 1.29 is 4.39 Å². The molecule has 1 aromatic heterocycles. The largest absolute Gasteiger partial charge is 0.324 e. The van der Waals surface area contributed by atoms with Crippen molar-refractivity contribution in [1.29, 1.82) is 0 Å². The molecule has 0 aliphatic carbocycles. The molecule has 20 heavy (non-hydrogen) atoms. The lowest BCUT2D eigenvalue weighted by Gasteiger charge is -2.36. The molecule has 0 N–H and O–H groups in total. The molecule has 0 spiro atoms. The van der Waals surface area contributed by atoms with Crippen molar-refractivity contribution in [2.24, 2.45) is 0 Å². The van der Waals surface area contributed by atoms with Crippen LogP contribution in [0.1, 0.15) is 31.6 Å². The van der Waals surface area contributed by atoms with Crippen molar-refractivity contribution in [3.63, 3.8) is 0 Å².